The number of ketones is 2. The molecule has 0 spiro atoms. The van der Waals surface area contributed by atoms with Gasteiger partial charge in [-0.15, -0.1) is 0 Å². The number of carbonyl (C=O) groups excluding carboxylic acids is 2. The van der Waals surface area contributed by atoms with Gasteiger partial charge >= 0.3 is 0 Å². The first-order chi connectivity index (χ1) is 11.5. The monoisotopic (exact) mass is 320 g/mol. The Morgan fingerprint density at radius 3 is 2.12 bits per heavy atom. The Morgan fingerprint density at radius 2 is 1.38 bits per heavy atom. The van der Waals surface area contributed by atoms with Crippen LogP contribution in [0.4, 0.5) is 0 Å². The summed E-state index contributed by atoms with van der Waals surface area (Å²) in [5, 5.41) is 0. The fraction of sp³-hybridized carbons (Fsp3) is 0.364. The molecule has 24 heavy (non-hydrogen) atoms. The Balaban J connectivity index is 0.000000141. The average Bonchev–Trinajstić information content (AvgIpc) is 2.71. The number of hydrogen-bond donors (Lipinski definition) is 0. The maximum atomic E-state index is 11.5. The van der Waals surface area contributed by atoms with E-state index in [0.29, 0.717) is 12.2 Å². The molecule has 2 aromatic carbocycles. The van der Waals surface area contributed by atoms with E-state index in [1.54, 1.807) is 0 Å². The van der Waals surface area contributed by atoms with Crippen LogP contribution in [-0.2, 0) is 11.8 Å². The fourth-order valence-corrected chi connectivity index (χ4v) is 3.65. The molecule has 2 heteroatoms. The number of benzene rings is 2. The maximum Gasteiger partial charge on any atom is 0.164 e. The van der Waals surface area contributed by atoms with Crippen LogP contribution in [0.15, 0.2) is 48.5 Å². The lowest BCUT2D eigenvalue weighted by Crippen LogP contribution is -2.12. The van der Waals surface area contributed by atoms with Gasteiger partial charge in [-0.1, -0.05) is 62.4 Å². The minimum atomic E-state index is 0.0493. The molecule has 0 N–H and O–H groups in total. The van der Waals surface area contributed by atoms with Crippen molar-refractivity contribution in [1.82, 2.24) is 0 Å². The van der Waals surface area contributed by atoms with Crippen molar-refractivity contribution in [2.45, 2.75) is 51.4 Å². The second-order valence-electron chi connectivity index (χ2n) is 7.32. The molecular weight excluding hydrogens is 296 g/mol. The predicted octanol–water partition coefficient (Wildman–Crippen LogP) is 5.15. The predicted molar refractivity (Wildman–Crippen MR) is 96.7 cm³/mol. The lowest BCUT2D eigenvalue weighted by atomic mass is 9.87. The zero-order valence-electron chi connectivity index (χ0n) is 14.5. The smallest absolute Gasteiger partial charge is 0.164 e. The van der Waals surface area contributed by atoms with Gasteiger partial charge in [0.2, 0.25) is 0 Å². The summed E-state index contributed by atoms with van der Waals surface area (Å²) in [6.07, 6.45) is 4.67. The summed E-state index contributed by atoms with van der Waals surface area (Å²) in [6.45, 7) is 4.24. The molecule has 124 valence electrons. The Morgan fingerprint density at radius 1 is 0.750 bits per heavy atom. The van der Waals surface area contributed by atoms with Crippen molar-refractivity contribution in [3.8, 4) is 0 Å². The van der Waals surface area contributed by atoms with Gasteiger partial charge in [0, 0.05) is 24.0 Å². The highest BCUT2D eigenvalue weighted by atomic mass is 16.1. The summed E-state index contributed by atoms with van der Waals surface area (Å²) in [7, 11) is 0. The molecule has 0 saturated heterocycles. The van der Waals surface area contributed by atoms with E-state index in [9.17, 15) is 9.59 Å². The zero-order valence-corrected chi connectivity index (χ0v) is 14.5. The number of Topliss-reactive ketones (excluding diaryl/α,β-unsaturated/α-hetero) is 2. The van der Waals surface area contributed by atoms with E-state index in [1.807, 2.05) is 36.4 Å². The van der Waals surface area contributed by atoms with Crippen molar-refractivity contribution in [3.05, 3.63) is 70.8 Å². The summed E-state index contributed by atoms with van der Waals surface area (Å²) in [6, 6.07) is 15.9. The van der Waals surface area contributed by atoms with Gasteiger partial charge in [-0.2, -0.15) is 0 Å². The van der Waals surface area contributed by atoms with Gasteiger partial charge < -0.3 is 0 Å². The van der Waals surface area contributed by atoms with E-state index in [0.717, 1.165) is 36.8 Å². The number of aryl methyl sites for hydroxylation is 1. The molecule has 2 aliphatic rings. The molecule has 0 aromatic heterocycles. The second kappa shape index (κ2) is 6.72. The van der Waals surface area contributed by atoms with Crippen molar-refractivity contribution >= 4 is 11.6 Å². The molecule has 2 aromatic rings. The molecule has 0 saturated carbocycles. The van der Waals surface area contributed by atoms with Crippen molar-refractivity contribution in [3.63, 3.8) is 0 Å². The van der Waals surface area contributed by atoms with Crippen LogP contribution in [0.1, 0.15) is 71.4 Å². The van der Waals surface area contributed by atoms with Crippen molar-refractivity contribution in [2.24, 2.45) is 0 Å². The number of rotatable bonds is 0. The third-order valence-corrected chi connectivity index (χ3v) is 4.98. The van der Waals surface area contributed by atoms with Crippen molar-refractivity contribution < 1.29 is 9.59 Å². The maximum absolute atomic E-state index is 11.5. The molecule has 0 unspecified atom stereocenters. The van der Waals surface area contributed by atoms with Crippen LogP contribution >= 0.6 is 0 Å². The topological polar surface area (TPSA) is 34.1 Å². The molecule has 0 aliphatic heterocycles. The first-order valence-electron chi connectivity index (χ1n) is 8.73. The van der Waals surface area contributed by atoms with Gasteiger partial charge in [0.25, 0.3) is 0 Å². The minimum Gasteiger partial charge on any atom is -0.294 e. The van der Waals surface area contributed by atoms with E-state index in [4.69, 9.17) is 0 Å². The number of fused-ring (bicyclic) bond motifs is 2. The van der Waals surface area contributed by atoms with Crippen LogP contribution < -0.4 is 0 Å². The Bertz CT molecular complexity index is 771. The molecule has 0 amide bonds. The van der Waals surface area contributed by atoms with Crippen molar-refractivity contribution in [2.75, 3.05) is 0 Å². The molecule has 4 rings (SSSR count). The SMILES string of the molecule is CC1(C)CC(=O)c2ccccc21.O=C1CCCCc2ccccc21. The van der Waals surface area contributed by atoms with E-state index in [2.05, 4.69) is 26.0 Å². The Labute approximate surface area is 143 Å². The molecular formula is C22H24O2. The van der Waals surface area contributed by atoms with Crippen LogP contribution in [0.5, 0.6) is 0 Å². The molecule has 2 aliphatic carbocycles. The molecule has 0 heterocycles. The number of hydrogen-bond acceptors (Lipinski definition) is 2. The third-order valence-electron chi connectivity index (χ3n) is 4.98. The van der Waals surface area contributed by atoms with E-state index < -0.39 is 0 Å². The first-order valence-corrected chi connectivity index (χ1v) is 8.73. The van der Waals surface area contributed by atoms with E-state index >= 15 is 0 Å². The highest BCUT2D eigenvalue weighted by Gasteiger charge is 2.34. The van der Waals surface area contributed by atoms with Gasteiger partial charge in [-0.3, -0.25) is 9.59 Å². The first kappa shape index (κ1) is 16.6. The van der Waals surface area contributed by atoms with Gasteiger partial charge in [-0.05, 0) is 35.8 Å². The minimum absolute atomic E-state index is 0.0493. The molecule has 0 radical (unpaired) electrons. The quantitative estimate of drug-likeness (QED) is 0.629. The zero-order chi connectivity index (χ0) is 17.2. The lowest BCUT2D eigenvalue weighted by molar-refractivity contribution is 0.0972. The van der Waals surface area contributed by atoms with Crippen LogP contribution in [0, 0.1) is 0 Å². The largest absolute Gasteiger partial charge is 0.294 e. The van der Waals surface area contributed by atoms with Crippen molar-refractivity contribution in [1.29, 1.82) is 0 Å². The van der Waals surface area contributed by atoms with Crippen LogP contribution in [0.3, 0.4) is 0 Å². The van der Waals surface area contributed by atoms with Crippen LogP contribution in [0.25, 0.3) is 0 Å². The summed E-state index contributed by atoms with van der Waals surface area (Å²) >= 11 is 0. The van der Waals surface area contributed by atoms with Crippen LogP contribution in [-0.4, -0.2) is 11.6 Å². The van der Waals surface area contributed by atoms with Crippen LogP contribution in [0.2, 0.25) is 0 Å². The summed E-state index contributed by atoms with van der Waals surface area (Å²) < 4.78 is 0. The second-order valence-corrected chi connectivity index (χ2v) is 7.32. The van der Waals surface area contributed by atoms with E-state index in [1.165, 1.54) is 11.1 Å². The third kappa shape index (κ3) is 3.33. The number of carbonyl (C=O) groups is 2. The van der Waals surface area contributed by atoms with E-state index in [-0.39, 0.29) is 11.2 Å². The summed E-state index contributed by atoms with van der Waals surface area (Å²) in [4.78, 5) is 23.0. The van der Waals surface area contributed by atoms with Gasteiger partial charge in [0.05, 0.1) is 0 Å². The molecule has 2 nitrogen and oxygen atoms in total. The van der Waals surface area contributed by atoms with Gasteiger partial charge in [-0.25, -0.2) is 0 Å². The highest BCUT2D eigenvalue weighted by molar-refractivity contribution is 6.02. The lowest BCUT2D eigenvalue weighted by Gasteiger charge is -2.16. The molecule has 0 fully saturated rings. The van der Waals surface area contributed by atoms with Gasteiger partial charge in [0.15, 0.2) is 11.6 Å². The summed E-state index contributed by atoms with van der Waals surface area (Å²) in [5.74, 6) is 0.610. The Kier molecular flexibility index (Phi) is 4.66. The normalized spacial score (nSPS) is 18.1. The highest BCUT2D eigenvalue weighted by Crippen LogP contribution is 2.37. The summed E-state index contributed by atoms with van der Waals surface area (Å²) in [5.41, 5.74) is 4.36. The molecule has 0 bridgehead atoms. The standard InChI is InChI=1S/2C11H12O/c1-11(2)7-10(12)8-5-3-4-6-9(8)11;12-11-8-4-2-6-9-5-1-3-7-10(9)11/h3-6H,7H2,1-2H3;1,3,5,7H,2,4,6,8H2. The fourth-order valence-electron chi connectivity index (χ4n) is 3.65. The Hall–Kier alpha value is -2.22. The average molecular weight is 320 g/mol. The van der Waals surface area contributed by atoms with Gasteiger partial charge in [0.1, 0.15) is 0 Å². The molecule has 0 atom stereocenters.